The summed E-state index contributed by atoms with van der Waals surface area (Å²) < 4.78 is 0. The van der Waals surface area contributed by atoms with Crippen LogP contribution in [0.2, 0.25) is 0 Å². The van der Waals surface area contributed by atoms with Crippen molar-refractivity contribution in [1.82, 2.24) is 0 Å². The SMILES string of the molecule is CC1=NN(c2ccccc2)C(=O)[C@H]1N=Nc1ccc([N+](=O)[O-])cc1. The lowest BCUT2D eigenvalue weighted by Crippen LogP contribution is -2.29. The first-order valence-electron chi connectivity index (χ1n) is 7.15. The second kappa shape index (κ2) is 6.37. The van der Waals surface area contributed by atoms with Crippen LogP contribution in [-0.2, 0) is 4.79 Å². The number of benzene rings is 2. The van der Waals surface area contributed by atoms with Crippen LogP contribution < -0.4 is 5.01 Å². The van der Waals surface area contributed by atoms with E-state index in [0.29, 0.717) is 17.1 Å². The Labute approximate surface area is 137 Å². The van der Waals surface area contributed by atoms with E-state index in [2.05, 4.69) is 15.3 Å². The van der Waals surface area contributed by atoms with Crippen LogP contribution in [0.3, 0.4) is 0 Å². The van der Waals surface area contributed by atoms with E-state index < -0.39 is 11.0 Å². The molecule has 8 nitrogen and oxygen atoms in total. The summed E-state index contributed by atoms with van der Waals surface area (Å²) in [5, 5.41) is 24.2. The van der Waals surface area contributed by atoms with Crippen molar-refractivity contribution in [2.75, 3.05) is 5.01 Å². The van der Waals surface area contributed by atoms with E-state index >= 15 is 0 Å². The lowest BCUT2D eigenvalue weighted by molar-refractivity contribution is -0.384. The van der Waals surface area contributed by atoms with Gasteiger partial charge in [0.1, 0.15) is 0 Å². The van der Waals surface area contributed by atoms with E-state index in [1.54, 1.807) is 19.1 Å². The fraction of sp³-hybridized carbons (Fsp3) is 0.125. The van der Waals surface area contributed by atoms with Crippen LogP contribution >= 0.6 is 0 Å². The van der Waals surface area contributed by atoms with Gasteiger partial charge in [0.15, 0.2) is 6.04 Å². The van der Waals surface area contributed by atoms with Gasteiger partial charge in [-0.3, -0.25) is 14.9 Å². The van der Waals surface area contributed by atoms with Crippen molar-refractivity contribution >= 4 is 28.7 Å². The Bertz CT molecular complexity index is 831. The van der Waals surface area contributed by atoms with Gasteiger partial charge in [0.2, 0.25) is 0 Å². The third-order valence-corrected chi connectivity index (χ3v) is 3.45. The molecule has 0 aromatic heterocycles. The summed E-state index contributed by atoms with van der Waals surface area (Å²) in [4.78, 5) is 22.6. The molecule has 0 N–H and O–H groups in total. The molecule has 0 saturated carbocycles. The summed E-state index contributed by atoms with van der Waals surface area (Å²) in [7, 11) is 0. The molecule has 0 unspecified atom stereocenters. The third kappa shape index (κ3) is 3.02. The van der Waals surface area contributed by atoms with Crippen LogP contribution in [0.25, 0.3) is 0 Å². The van der Waals surface area contributed by atoms with Crippen LogP contribution in [0.5, 0.6) is 0 Å². The maximum atomic E-state index is 12.4. The molecule has 24 heavy (non-hydrogen) atoms. The van der Waals surface area contributed by atoms with Gasteiger partial charge in [0.25, 0.3) is 11.6 Å². The van der Waals surface area contributed by atoms with Crippen LogP contribution in [0.15, 0.2) is 69.9 Å². The first-order valence-corrected chi connectivity index (χ1v) is 7.15. The Morgan fingerprint density at radius 2 is 1.79 bits per heavy atom. The number of carbonyl (C=O) groups excluding carboxylic acids is 1. The number of hydrogen-bond donors (Lipinski definition) is 0. The molecule has 1 aliphatic heterocycles. The summed E-state index contributed by atoms with van der Waals surface area (Å²) in [5.41, 5.74) is 1.60. The number of hydrazone groups is 1. The van der Waals surface area contributed by atoms with Crippen molar-refractivity contribution in [3.8, 4) is 0 Å². The molecule has 120 valence electrons. The predicted molar refractivity (Wildman–Crippen MR) is 88.4 cm³/mol. The van der Waals surface area contributed by atoms with Crippen molar-refractivity contribution in [2.45, 2.75) is 13.0 Å². The van der Waals surface area contributed by atoms with Gasteiger partial charge in [-0.05, 0) is 31.2 Å². The summed E-state index contributed by atoms with van der Waals surface area (Å²) >= 11 is 0. The van der Waals surface area contributed by atoms with Crippen LogP contribution in [0.1, 0.15) is 6.92 Å². The molecule has 1 heterocycles. The van der Waals surface area contributed by atoms with E-state index in [1.165, 1.54) is 29.3 Å². The fourth-order valence-electron chi connectivity index (χ4n) is 2.21. The second-order valence-corrected chi connectivity index (χ2v) is 5.12. The van der Waals surface area contributed by atoms with Gasteiger partial charge in [-0.2, -0.15) is 20.3 Å². The van der Waals surface area contributed by atoms with Crippen molar-refractivity contribution < 1.29 is 9.72 Å². The molecule has 1 aliphatic rings. The number of amides is 1. The first kappa shape index (κ1) is 15.5. The number of nitro benzene ring substituents is 1. The third-order valence-electron chi connectivity index (χ3n) is 3.45. The maximum absolute atomic E-state index is 12.4. The first-order chi connectivity index (χ1) is 11.6. The summed E-state index contributed by atoms with van der Waals surface area (Å²) in [6.45, 7) is 1.71. The molecule has 0 saturated heterocycles. The average molecular weight is 323 g/mol. The zero-order chi connectivity index (χ0) is 17.1. The average Bonchev–Trinajstić information content (AvgIpc) is 2.88. The quantitative estimate of drug-likeness (QED) is 0.489. The van der Waals surface area contributed by atoms with E-state index in [1.807, 2.05) is 18.2 Å². The number of anilines is 1. The van der Waals surface area contributed by atoms with E-state index in [9.17, 15) is 14.9 Å². The molecule has 2 aromatic rings. The highest BCUT2D eigenvalue weighted by Gasteiger charge is 2.34. The Hall–Kier alpha value is -3.42. The topological polar surface area (TPSA) is 101 Å². The molecule has 8 heteroatoms. The normalized spacial score (nSPS) is 17.4. The van der Waals surface area contributed by atoms with Crippen molar-refractivity contribution in [3.63, 3.8) is 0 Å². The molecule has 0 spiro atoms. The Morgan fingerprint density at radius 3 is 2.42 bits per heavy atom. The number of nitro groups is 1. The molecule has 0 aliphatic carbocycles. The molecular weight excluding hydrogens is 310 g/mol. The molecule has 0 radical (unpaired) electrons. The highest BCUT2D eigenvalue weighted by Crippen LogP contribution is 2.23. The zero-order valence-corrected chi connectivity index (χ0v) is 12.7. The number of hydrogen-bond acceptors (Lipinski definition) is 6. The molecule has 0 bridgehead atoms. The summed E-state index contributed by atoms with van der Waals surface area (Å²) in [6.07, 6.45) is 0. The van der Waals surface area contributed by atoms with Crippen LogP contribution in [0, 0.1) is 10.1 Å². The fourth-order valence-corrected chi connectivity index (χ4v) is 2.21. The van der Waals surface area contributed by atoms with Gasteiger partial charge >= 0.3 is 0 Å². The standard InChI is InChI=1S/C16H13N5O3/c1-11-15(16(22)20(19-11)13-5-3-2-4-6-13)18-17-12-7-9-14(10-8-12)21(23)24/h2-10,15H,1H3/t15-/m0/s1. The van der Waals surface area contributed by atoms with Crippen LogP contribution in [0.4, 0.5) is 17.1 Å². The van der Waals surface area contributed by atoms with Crippen molar-refractivity contribution in [2.24, 2.45) is 15.3 Å². The molecule has 3 rings (SSSR count). The minimum atomic E-state index is -0.791. The monoisotopic (exact) mass is 323 g/mol. The van der Waals surface area contributed by atoms with Gasteiger partial charge in [-0.1, -0.05) is 18.2 Å². The summed E-state index contributed by atoms with van der Waals surface area (Å²) in [5.74, 6) is -0.288. The molecule has 1 atom stereocenters. The zero-order valence-electron chi connectivity index (χ0n) is 12.7. The van der Waals surface area contributed by atoms with Crippen molar-refractivity contribution in [3.05, 3.63) is 64.7 Å². The number of rotatable bonds is 4. The highest BCUT2D eigenvalue weighted by atomic mass is 16.6. The molecule has 2 aromatic carbocycles. The van der Waals surface area contributed by atoms with Gasteiger partial charge in [-0.25, -0.2) is 0 Å². The van der Waals surface area contributed by atoms with Gasteiger partial charge < -0.3 is 0 Å². The van der Waals surface area contributed by atoms with Gasteiger partial charge in [0, 0.05) is 12.1 Å². The smallest absolute Gasteiger partial charge is 0.269 e. The van der Waals surface area contributed by atoms with Crippen molar-refractivity contribution in [1.29, 1.82) is 0 Å². The van der Waals surface area contributed by atoms with E-state index in [-0.39, 0.29) is 11.6 Å². The van der Waals surface area contributed by atoms with Gasteiger partial charge in [-0.15, -0.1) is 0 Å². The number of para-hydroxylation sites is 1. The molecule has 0 fully saturated rings. The Balaban J connectivity index is 1.77. The number of carbonyl (C=O) groups is 1. The highest BCUT2D eigenvalue weighted by molar-refractivity contribution is 6.18. The number of azo groups is 1. The minimum Gasteiger partial charge on any atom is -0.269 e. The Kier molecular flexibility index (Phi) is 4.11. The second-order valence-electron chi connectivity index (χ2n) is 5.12. The molecule has 1 amide bonds. The lowest BCUT2D eigenvalue weighted by atomic mass is 10.2. The Morgan fingerprint density at radius 1 is 1.12 bits per heavy atom. The van der Waals surface area contributed by atoms with Gasteiger partial charge in [0.05, 0.1) is 22.0 Å². The van der Waals surface area contributed by atoms with E-state index in [4.69, 9.17) is 0 Å². The summed E-state index contributed by atoms with van der Waals surface area (Å²) in [6, 6.07) is 13.9. The number of non-ortho nitro benzene ring substituents is 1. The van der Waals surface area contributed by atoms with Crippen LogP contribution in [-0.4, -0.2) is 22.6 Å². The maximum Gasteiger partial charge on any atom is 0.280 e. The lowest BCUT2D eigenvalue weighted by Gasteiger charge is -2.11. The minimum absolute atomic E-state index is 0.0288. The largest absolute Gasteiger partial charge is 0.280 e. The number of nitrogens with zero attached hydrogens (tertiary/aromatic N) is 5. The molecular formula is C16H13N5O3. The predicted octanol–water partition coefficient (Wildman–Crippen LogP) is 3.47. The van der Waals surface area contributed by atoms with E-state index in [0.717, 1.165) is 0 Å².